The topological polar surface area (TPSA) is 63.7 Å². The Kier molecular flexibility index (Phi) is 5.56. The Morgan fingerprint density at radius 3 is 2.35 bits per heavy atom. The third kappa shape index (κ3) is 4.40. The van der Waals surface area contributed by atoms with Crippen molar-refractivity contribution in [2.75, 3.05) is 14.1 Å². The minimum atomic E-state index is -3.50. The van der Waals surface area contributed by atoms with Crippen LogP contribution in [0.25, 0.3) is 0 Å². The van der Waals surface area contributed by atoms with Gasteiger partial charge in [-0.1, -0.05) is 28.1 Å². The van der Waals surface area contributed by atoms with Crippen LogP contribution in [0.2, 0.25) is 0 Å². The van der Waals surface area contributed by atoms with Crippen LogP contribution in [0.1, 0.15) is 15.9 Å². The summed E-state index contributed by atoms with van der Waals surface area (Å²) < 4.78 is 31.2. The molecule has 5 nitrogen and oxygen atoms in total. The fraction of sp³-hybridized carbons (Fsp3) is 0.188. The summed E-state index contributed by atoms with van der Waals surface area (Å²) >= 11 is 3.35. The van der Waals surface area contributed by atoms with E-state index in [-0.39, 0.29) is 11.5 Å². The van der Waals surface area contributed by atoms with Crippen molar-refractivity contribution in [2.24, 2.45) is 0 Å². The van der Waals surface area contributed by atoms with Crippen LogP contribution in [0.4, 0.5) is 0 Å². The number of halogens is 1. The lowest BCUT2D eigenvalue weighted by Crippen LogP contribution is -2.22. The van der Waals surface area contributed by atoms with E-state index in [4.69, 9.17) is 4.74 Å². The van der Waals surface area contributed by atoms with Crippen molar-refractivity contribution in [1.29, 1.82) is 0 Å². The molecule has 0 atom stereocenters. The molecular formula is C16H16BrNO4S. The van der Waals surface area contributed by atoms with Crippen molar-refractivity contribution < 1.29 is 17.9 Å². The predicted molar refractivity (Wildman–Crippen MR) is 90.6 cm³/mol. The van der Waals surface area contributed by atoms with E-state index in [0.717, 1.165) is 14.3 Å². The molecule has 0 unspecified atom stereocenters. The minimum Gasteiger partial charge on any atom is -0.457 e. The lowest BCUT2D eigenvalue weighted by Gasteiger charge is -2.11. The van der Waals surface area contributed by atoms with Crippen molar-refractivity contribution in [3.05, 3.63) is 64.1 Å². The van der Waals surface area contributed by atoms with Crippen molar-refractivity contribution >= 4 is 31.9 Å². The highest BCUT2D eigenvalue weighted by molar-refractivity contribution is 9.10. The Hall–Kier alpha value is -1.70. The summed E-state index contributed by atoms with van der Waals surface area (Å²) in [5.74, 6) is -0.501. The van der Waals surface area contributed by atoms with Gasteiger partial charge in [-0.3, -0.25) is 0 Å². The van der Waals surface area contributed by atoms with Gasteiger partial charge in [-0.2, -0.15) is 0 Å². The Morgan fingerprint density at radius 2 is 1.78 bits per heavy atom. The van der Waals surface area contributed by atoms with Crippen molar-refractivity contribution in [3.8, 4) is 0 Å². The summed E-state index contributed by atoms with van der Waals surface area (Å²) in [5.41, 5.74) is 1.16. The summed E-state index contributed by atoms with van der Waals surface area (Å²) in [4.78, 5) is 12.1. The number of carbonyl (C=O) groups is 1. The van der Waals surface area contributed by atoms with E-state index in [9.17, 15) is 13.2 Å². The van der Waals surface area contributed by atoms with Crippen LogP contribution in [-0.4, -0.2) is 32.8 Å². The monoisotopic (exact) mass is 397 g/mol. The highest BCUT2D eigenvalue weighted by Gasteiger charge is 2.17. The fourth-order valence-corrected chi connectivity index (χ4v) is 3.18. The Bertz CT molecular complexity index is 801. The Labute approximate surface area is 144 Å². The highest BCUT2D eigenvalue weighted by Crippen LogP contribution is 2.16. The average molecular weight is 398 g/mol. The van der Waals surface area contributed by atoms with Gasteiger partial charge >= 0.3 is 5.97 Å². The molecule has 2 aromatic carbocycles. The van der Waals surface area contributed by atoms with E-state index >= 15 is 0 Å². The molecule has 0 aliphatic carbocycles. The molecule has 0 amide bonds. The predicted octanol–water partition coefficient (Wildman–Crippen LogP) is 3.06. The molecule has 0 saturated heterocycles. The fourth-order valence-electron chi connectivity index (χ4n) is 1.83. The molecule has 2 rings (SSSR count). The van der Waals surface area contributed by atoms with Crippen LogP contribution < -0.4 is 0 Å². The largest absolute Gasteiger partial charge is 0.457 e. The molecule has 0 heterocycles. The van der Waals surface area contributed by atoms with Crippen molar-refractivity contribution in [1.82, 2.24) is 4.31 Å². The lowest BCUT2D eigenvalue weighted by atomic mass is 10.2. The number of benzene rings is 2. The normalized spacial score (nSPS) is 11.5. The number of sulfonamides is 1. The van der Waals surface area contributed by atoms with Gasteiger partial charge < -0.3 is 4.74 Å². The van der Waals surface area contributed by atoms with Gasteiger partial charge in [0, 0.05) is 18.6 Å². The summed E-state index contributed by atoms with van der Waals surface area (Å²) in [6.07, 6.45) is 0. The molecule has 0 bridgehead atoms. The van der Waals surface area contributed by atoms with E-state index in [2.05, 4.69) is 15.9 Å². The summed E-state index contributed by atoms with van der Waals surface area (Å²) in [6.45, 7) is 0.149. The second-order valence-electron chi connectivity index (χ2n) is 5.02. The zero-order valence-corrected chi connectivity index (χ0v) is 15.1. The van der Waals surface area contributed by atoms with Gasteiger partial charge in [-0.25, -0.2) is 17.5 Å². The highest BCUT2D eigenvalue weighted by atomic mass is 79.9. The maximum absolute atomic E-state index is 12.0. The summed E-state index contributed by atoms with van der Waals surface area (Å²) in [7, 11) is -0.596. The molecule has 0 aromatic heterocycles. The lowest BCUT2D eigenvalue weighted by molar-refractivity contribution is 0.0472. The quantitative estimate of drug-likeness (QED) is 0.727. The van der Waals surface area contributed by atoms with Crippen LogP contribution in [0.3, 0.4) is 0 Å². The second kappa shape index (κ2) is 7.25. The van der Waals surface area contributed by atoms with E-state index in [1.165, 1.54) is 38.4 Å². The number of hydrogen-bond acceptors (Lipinski definition) is 4. The van der Waals surface area contributed by atoms with Gasteiger partial charge in [0.25, 0.3) is 0 Å². The van der Waals surface area contributed by atoms with Crippen LogP contribution in [-0.2, 0) is 21.4 Å². The summed E-state index contributed by atoms with van der Waals surface area (Å²) in [5, 5.41) is 0. The number of nitrogens with zero attached hydrogens (tertiary/aromatic N) is 1. The average Bonchev–Trinajstić information content (AvgIpc) is 2.52. The number of hydrogen-bond donors (Lipinski definition) is 0. The minimum absolute atomic E-state index is 0.131. The van der Waals surface area contributed by atoms with E-state index in [1.807, 2.05) is 24.3 Å². The van der Waals surface area contributed by atoms with E-state index in [0.29, 0.717) is 5.56 Å². The third-order valence-corrected chi connectivity index (χ3v) is 5.45. The first-order chi connectivity index (χ1) is 10.8. The smallest absolute Gasteiger partial charge is 0.338 e. The maximum Gasteiger partial charge on any atom is 0.338 e. The SMILES string of the molecule is CN(C)S(=O)(=O)c1ccc(C(=O)OCc2cccc(Br)c2)cc1. The number of rotatable bonds is 5. The number of esters is 1. The molecule has 0 aliphatic heterocycles. The Balaban J connectivity index is 2.06. The first-order valence-corrected chi connectivity index (χ1v) is 8.98. The van der Waals surface area contributed by atoms with Crippen molar-refractivity contribution in [2.45, 2.75) is 11.5 Å². The first kappa shape index (κ1) is 17.7. The van der Waals surface area contributed by atoms with Gasteiger partial charge in [0.15, 0.2) is 0 Å². The van der Waals surface area contributed by atoms with Gasteiger partial charge in [0.1, 0.15) is 6.61 Å². The van der Waals surface area contributed by atoms with Crippen LogP contribution in [0, 0.1) is 0 Å². The van der Waals surface area contributed by atoms with Crippen molar-refractivity contribution in [3.63, 3.8) is 0 Å². The van der Waals surface area contributed by atoms with Crippen LogP contribution >= 0.6 is 15.9 Å². The standard InChI is InChI=1S/C16H16BrNO4S/c1-18(2)23(20,21)15-8-6-13(7-9-15)16(19)22-11-12-4-3-5-14(17)10-12/h3-10H,11H2,1-2H3. The molecule has 2 aromatic rings. The maximum atomic E-state index is 12.0. The van der Waals surface area contributed by atoms with Gasteiger partial charge in [-0.15, -0.1) is 0 Å². The molecule has 0 saturated carbocycles. The molecule has 7 heteroatoms. The number of ether oxygens (including phenoxy) is 1. The van der Waals surface area contributed by atoms with Crippen LogP contribution in [0.5, 0.6) is 0 Å². The number of carbonyl (C=O) groups excluding carboxylic acids is 1. The van der Waals surface area contributed by atoms with Gasteiger partial charge in [0.05, 0.1) is 10.5 Å². The molecule has 23 heavy (non-hydrogen) atoms. The molecule has 122 valence electrons. The third-order valence-electron chi connectivity index (χ3n) is 3.13. The molecule has 0 fully saturated rings. The molecular weight excluding hydrogens is 382 g/mol. The molecule has 0 spiro atoms. The van der Waals surface area contributed by atoms with E-state index in [1.54, 1.807) is 0 Å². The van der Waals surface area contributed by atoms with Gasteiger partial charge in [-0.05, 0) is 42.0 Å². The first-order valence-electron chi connectivity index (χ1n) is 6.75. The zero-order valence-electron chi connectivity index (χ0n) is 12.7. The molecule has 0 aliphatic rings. The zero-order chi connectivity index (χ0) is 17.0. The van der Waals surface area contributed by atoms with Gasteiger partial charge in [0.2, 0.25) is 10.0 Å². The summed E-state index contributed by atoms with van der Waals surface area (Å²) in [6, 6.07) is 13.1. The molecule has 0 N–H and O–H groups in total. The van der Waals surface area contributed by atoms with E-state index < -0.39 is 16.0 Å². The second-order valence-corrected chi connectivity index (χ2v) is 8.09. The Morgan fingerprint density at radius 1 is 1.13 bits per heavy atom. The van der Waals surface area contributed by atoms with Crippen LogP contribution in [0.15, 0.2) is 57.9 Å². The molecule has 0 radical (unpaired) electrons.